The highest BCUT2D eigenvalue weighted by molar-refractivity contribution is 7.93. The molecule has 2 N–H and O–H groups in total. The second-order valence-corrected chi connectivity index (χ2v) is 8.01. The molecule has 0 aliphatic heterocycles. The van der Waals surface area contributed by atoms with E-state index >= 15 is 0 Å². The fourth-order valence-corrected chi connectivity index (χ4v) is 3.75. The number of hydrogen-bond acceptors (Lipinski definition) is 4. The molecule has 0 aliphatic carbocycles. The number of amides is 1. The van der Waals surface area contributed by atoms with Crippen molar-refractivity contribution >= 4 is 32.4 Å². The van der Waals surface area contributed by atoms with Gasteiger partial charge in [0.05, 0.1) is 15.3 Å². The summed E-state index contributed by atoms with van der Waals surface area (Å²) < 4.78 is 16.6. The minimum Gasteiger partial charge on any atom is -0.507 e. The molecule has 0 aromatic heterocycles. The molecular formula is C19H15NO5S. The van der Waals surface area contributed by atoms with Gasteiger partial charge < -0.3 is 10.2 Å². The maximum absolute atomic E-state index is 12.9. The van der Waals surface area contributed by atoms with E-state index in [2.05, 4.69) is 4.36 Å². The number of aromatic hydroxyl groups is 1. The Hall–Kier alpha value is -3.19. The van der Waals surface area contributed by atoms with Crippen molar-refractivity contribution in [2.75, 3.05) is 6.26 Å². The molecule has 0 saturated carbocycles. The lowest BCUT2D eigenvalue weighted by atomic mass is 10.1. The predicted octanol–water partition coefficient (Wildman–Crippen LogP) is 3.54. The van der Waals surface area contributed by atoms with Crippen molar-refractivity contribution in [3.05, 3.63) is 71.8 Å². The smallest absolute Gasteiger partial charge is 0.335 e. The van der Waals surface area contributed by atoms with Crippen LogP contribution in [0.15, 0.2) is 69.9 Å². The molecular weight excluding hydrogens is 354 g/mol. The number of carbonyl (C=O) groups excluding carboxylic acids is 1. The molecule has 132 valence electrons. The van der Waals surface area contributed by atoms with Gasteiger partial charge in [0.25, 0.3) is 5.91 Å². The first kappa shape index (κ1) is 17.6. The minimum absolute atomic E-state index is 0.0388. The highest BCUT2D eigenvalue weighted by Gasteiger charge is 2.15. The average molecular weight is 369 g/mol. The third-order valence-electron chi connectivity index (χ3n) is 3.86. The number of nitrogens with zero attached hydrogens (tertiary/aromatic N) is 1. The zero-order valence-corrected chi connectivity index (χ0v) is 14.6. The maximum Gasteiger partial charge on any atom is 0.335 e. The third-order valence-corrected chi connectivity index (χ3v) is 5.51. The molecule has 3 aromatic carbocycles. The summed E-state index contributed by atoms with van der Waals surface area (Å²) in [4.78, 5) is 23.7. The Morgan fingerprint density at radius 3 is 2.42 bits per heavy atom. The van der Waals surface area contributed by atoms with Crippen molar-refractivity contribution < 1.29 is 24.0 Å². The summed E-state index contributed by atoms with van der Waals surface area (Å²) in [7, 11) is -3.15. The lowest BCUT2D eigenvalue weighted by Gasteiger charge is -2.07. The molecule has 6 nitrogen and oxygen atoms in total. The predicted molar refractivity (Wildman–Crippen MR) is 98.1 cm³/mol. The fourth-order valence-electron chi connectivity index (χ4n) is 2.54. The number of carboxylic acids is 1. The number of benzene rings is 3. The van der Waals surface area contributed by atoms with Crippen LogP contribution in [0.4, 0.5) is 0 Å². The van der Waals surface area contributed by atoms with E-state index in [0.29, 0.717) is 10.8 Å². The van der Waals surface area contributed by atoms with Gasteiger partial charge in [0, 0.05) is 22.1 Å². The summed E-state index contributed by atoms with van der Waals surface area (Å²) in [6.07, 6.45) is 1.27. The molecule has 3 aromatic rings. The van der Waals surface area contributed by atoms with Gasteiger partial charge in [-0.25, -0.2) is 9.00 Å². The third kappa shape index (κ3) is 3.43. The Labute approximate surface area is 149 Å². The van der Waals surface area contributed by atoms with E-state index in [-0.39, 0.29) is 21.8 Å². The first-order chi connectivity index (χ1) is 12.3. The number of phenolic OH excluding ortho intramolecular Hbond substituents is 1. The number of carbonyl (C=O) groups is 2. The van der Waals surface area contributed by atoms with Crippen molar-refractivity contribution in [1.29, 1.82) is 0 Å². The molecule has 3 rings (SSSR count). The summed E-state index contributed by atoms with van der Waals surface area (Å²) in [6, 6.07) is 15.3. The first-order valence-electron chi connectivity index (χ1n) is 7.59. The molecule has 0 heterocycles. The summed E-state index contributed by atoms with van der Waals surface area (Å²) in [6.45, 7) is 0. The van der Waals surface area contributed by atoms with Crippen LogP contribution in [0, 0.1) is 0 Å². The largest absolute Gasteiger partial charge is 0.507 e. The Morgan fingerprint density at radius 2 is 1.69 bits per heavy atom. The molecule has 0 aliphatic rings. The Bertz CT molecular complexity index is 1160. The monoisotopic (exact) mass is 369 g/mol. The Morgan fingerprint density at radius 1 is 0.962 bits per heavy atom. The van der Waals surface area contributed by atoms with Gasteiger partial charge in [-0.15, -0.1) is 0 Å². The summed E-state index contributed by atoms with van der Waals surface area (Å²) in [5, 5.41) is 20.4. The van der Waals surface area contributed by atoms with Crippen LogP contribution in [0.2, 0.25) is 0 Å². The zero-order chi connectivity index (χ0) is 18.9. The number of hydrogen-bond donors (Lipinski definition) is 2. The summed E-state index contributed by atoms with van der Waals surface area (Å²) >= 11 is 0. The highest BCUT2D eigenvalue weighted by atomic mass is 32.2. The second kappa shape index (κ2) is 6.61. The van der Waals surface area contributed by atoms with E-state index in [0.717, 1.165) is 0 Å². The van der Waals surface area contributed by atoms with Gasteiger partial charge in [-0.05, 0) is 35.7 Å². The summed E-state index contributed by atoms with van der Waals surface area (Å²) in [5.74, 6) is -1.98. The maximum atomic E-state index is 12.9. The lowest BCUT2D eigenvalue weighted by molar-refractivity contribution is 0.0696. The van der Waals surface area contributed by atoms with E-state index in [1.165, 1.54) is 36.6 Å². The first-order valence-corrected chi connectivity index (χ1v) is 9.52. The van der Waals surface area contributed by atoms with Crippen LogP contribution in [0.25, 0.3) is 10.8 Å². The Balaban J connectivity index is 2.06. The van der Waals surface area contributed by atoms with Gasteiger partial charge in [0.15, 0.2) is 0 Å². The van der Waals surface area contributed by atoms with Crippen LogP contribution in [-0.4, -0.2) is 32.6 Å². The second-order valence-electron chi connectivity index (χ2n) is 5.75. The van der Waals surface area contributed by atoms with Gasteiger partial charge in [-0.3, -0.25) is 4.79 Å². The van der Waals surface area contributed by atoms with Crippen molar-refractivity contribution in [3.63, 3.8) is 0 Å². The molecule has 0 saturated heterocycles. The van der Waals surface area contributed by atoms with Crippen molar-refractivity contribution in [2.45, 2.75) is 4.90 Å². The van der Waals surface area contributed by atoms with Crippen LogP contribution in [-0.2, 0) is 9.73 Å². The molecule has 7 heteroatoms. The van der Waals surface area contributed by atoms with Gasteiger partial charge in [0.2, 0.25) is 0 Å². The number of phenols is 1. The van der Waals surface area contributed by atoms with E-state index in [1.807, 2.05) is 0 Å². The Kier molecular flexibility index (Phi) is 4.48. The number of rotatable bonds is 3. The van der Waals surface area contributed by atoms with Gasteiger partial charge in [-0.1, -0.05) is 30.3 Å². The van der Waals surface area contributed by atoms with Crippen LogP contribution < -0.4 is 0 Å². The van der Waals surface area contributed by atoms with Crippen LogP contribution >= 0.6 is 0 Å². The molecule has 0 fully saturated rings. The molecule has 0 radical (unpaired) electrons. The molecule has 0 bridgehead atoms. The van der Waals surface area contributed by atoms with Crippen molar-refractivity contribution in [3.8, 4) is 5.75 Å². The van der Waals surface area contributed by atoms with E-state index < -0.39 is 21.6 Å². The van der Waals surface area contributed by atoms with Gasteiger partial charge >= 0.3 is 5.97 Å². The number of carboxylic acid groups (broad SMARTS) is 1. The van der Waals surface area contributed by atoms with E-state index in [9.17, 15) is 18.9 Å². The van der Waals surface area contributed by atoms with Crippen molar-refractivity contribution in [1.82, 2.24) is 0 Å². The quantitative estimate of drug-likeness (QED) is 0.735. The van der Waals surface area contributed by atoms with Crippen LogP contribution in [0.5, 0.6) is 5.75 Å². The highest BCUT2D eigenvalue weighted by Crippen LogP contribution is 2.27. The number of aromatic carboxylic acids is 1. The van der Waals surface area contributed by atoms with Gasteiger partial charge in [-0.2, -0.15) is 4.36 Å². The van der Waals surface area contributed by atoms with Crippen LogP contribution in [0.1, 0.15) is 20.7 Å². The minimum atomic E-state index is -3.15. The topological polar surface area (TPSA) is 104 Å². The van der Waals surface area contributed by atoms with Crippen LogP contribution in [0.3, 0.4) is 0 Å². The van der Waals surface area contributed by atoms with E-state index in [1.54, 1.807) is 30.3 Å². The molecule has 0 spiro atoms. The standard InChI is InChI=1S/C19H15NO5S/c1-26(25,15-7-4-6-13(10-15)19(23)24)20-18(22)14-9-12-5-2-3-8-16(12)17(21)11-14/h2-11,21H,1H3,(H,23,24). The normalized spacial score (nSPS) is 13.1. The molecule has 1 amide bonds. The molecule has 26 heavy (non-hydrogen) atoms. The summed E-state index contributed by atoms with van der Waals surface area (Å²) in [5.41, 5.74) is 0.0632. The van der Waals surface area contributed by atoms with E-state index in [4.69, 9.17) is 5.11 Å². The molecule has 1 atom stereocenters. The average Bonchev–Trinajstić information content (AvgIpc) is 2.61. The molecule has 1 unspecified atom stereocenters. The SMILES string of the molecule is CS(=O)(=NC(=O)c1cc(O)c2ccccc2c1)c1cccc(C(=O)O)c1. The lowest BCUT2D eigenvalue weighted by Crippen LogP contribution is -2.05. The fraction of sp³-hybridized carbons (Fsp3) is 0.0526. The van der Waals surface area contributed by atoms with Gasteiger partial charge in [0.1, 0.15) is 5.75 Å². The zero-order valence-electron chi connectivity index (χ0n) is 13.7. The number of fused-ring (bicyclic) bond motifs is 1. The van der Waals surface area contributed by atoms with Crippen molar-refractivity contribution in [2.24, 2.45) is 4.36 Å².